The second kappa shape index (κ2) is 15.6. The lowest BCUT2D eigenvalue weighted by Gasteiger charge is -2.20. The molecular weight excluding hydrogens is 518 g/mol. The summed E-state index contributed by atoms with van der Waals surface area (Å²) in [5, 5.41) is 12.7. The van der Waals surface area contributed by atoms with Crippen LogP contribution in [0.2, 0.25) is 0 Å². The SMILES string of the molecule is CC(C)CCOC(=O)OC(C)CN[C@@H](Cc1ccc(OC(=O)CC(C)(C)C)c(OC(=O)CC(C)(C)C)c1)C(=O)O. The Hall–Kier alpha value is -3.14. The van der Waals surface area contributed by atoms with Crippen molar-refractivity contribution in [2.75, 3.05) is 13.2 Å². The van der Waals surface area contributed by atoms with Gasteiger partial charge in [-0.05, 0) is 54.2 Å². The maximum absolute atomic E-state index is 12.6. The third kappa shape index (κ3) is 15.5. The highest BCUT2D eigenvalue weighted by Crippen LogP contribution is 2.32. The van der Waals surface area contributed by atoms with Crippen LogP contribution in [0.4, 0.5) is 4.79 Å². The summed E-state index contributed by atoms with van der Waals surface area (Å²) in [5.41, 5.74) is -0.0854. The number of hydrogen-bond acceptors (Lipinski definition) is 9. The average Bonchev–Trinajstić information content (AvgIpc) is 2.75. The highest BCUT2D eigenvalue weighted by molar-refractivity contribution is 5.77. The number of aliphatic carboxylic acids is 1. The lowest BCUT2D eigenvalue weighted by Crippen LogP contribution is -2.42. The highest BCUT2D eigenvalue weighted by atomic mass is 16.7. The van der Waals surface area contributed by atoms with Crippen LogP contribution in [-0.2, 0) is 30.3 Å². The third-order valence-electron chi connectivity index (χ3n) is 5.41. The standard InChI is InChI=1S/C30H47NO9/c1-19(2)12-13-37-28(36)38-20(3)18-31-22(27(34)35)14-21-10-11-23(39-25(32)16-29(4,5)6)24(15-21)40-26(33)17-30(7,8)9/h10-11,15,19-20,22,31H,12-14,16-18H2,1-9H3,(H,34,35)/t20?,22-/m0/s1. The van der Waals surface area contributed by atoms with Gasteiger partial charge in [0.05, 0.1) is 19.4 Å². The molecule has 0 aromatic heterocycles. The fourth-order valence-corrected chi connectivity index (χ4v) is 3.44. The van der Waals surface area contributed by atoms with Gasteiger partial charge in [0.25, 0.3) is 0 Å². The Morgan fingerprint density at radius 1 is 0.875 bits per heavy atom. The van der Waals surface area contributed by atoms with Crippen molar-refractivity contribution in [3.05, 3.63) is 23.8 Å². The molecule has 0 radical (unpaired) electrons. The van der Waals surface area contributed by atoms with E-state index >= 15 is 0 Å². The number of benzene rings is 1. The van der Waals surface area contributed by atoms with E-state index in [4.69, 9.17) is 18.9 Å². The largest absolute Gasteiger partial charge is 0.508 e. The molecule has 2 N–H and O–H groups in total. The first kappa shape index (κ1) is 34.9. The van der Waals surface area contributed by atoms with Gasteiger partial charge in [-0.25, -0.2) is 4.79 Å². The molecule has 0 aliphatic rings. The van der Waals surface area contributed by atoms with E-state index < -0.39 is 36.2 Å². The summed E-state index contributed by atoms with van der Waals surface area (Å²) in [5.74, 6) is -1.58. The van der Waals surface area contributed by atoms with E-state index in [0.29, 0.717) is 17.9 Å². The van der Waals surface area contributed by atoms with Gasteiger partial charge in [-0.15, -0.1) is 0 Å². The molecule has 0 fully saturated rings. The van der Waals surface area contributed by atoms with Gasteiger partial charge in [0.15, 0.2) is 11.5 Å². The number of carboxylic acid groups (broad SMARTS) is 1. The van der Waals surface area contributed by atoms with Gasteiger partial charge < -0.3 is 29.4 Å². The molecule has 0 spiro atoms. The van der Waals surface area contributed by atoms with Crippen LogP contribution in [0, 0.1) is 16.7 Å². The van der Waals surface area contributed by atoms with Crippen LogP contribution in [0.25, 0.3) is 0 Å². The maximum atomic E-state index is 12.6. The summed E-state index contributed by atoms with van der Waals surface area (Å²) in [6.45, 7) is 17.4. The van der Waals surface area contributed by atoms with Crippen LogP contribution < -0.4 is 14.8 Å². The summed E-state index contributed by atoms with van der Waals surface area (Å²) >= 11 is 0. The Morgan fingerprint density at radius 3 is 1.93 bits per heavy atom. The molecule has 0 saturated heterocycles. The minimum Gasteiger partial charge on any atom is -0.480 e. The third-order valence-corrected chi connectivity index (χ3v) is 5.41. The van der Waals surface area contributed by atoms with E-state index in [1.54, 1.807) is 13.0 Å². The quantitative estimate of drug-likeness (QED) is 0.218. The highest BCUT2D eigenvalue weighted by Gasteiger charge is 2.24. The van der Waals surface area contributed by atoms with Crippen molar-refractivity contribution in [3.63, 3.8) is 0 Å². The van der Waals surface area contributed by atoms with Gasteiger partial charge in [-0.2, -0.15) is 0 Å². The summed E-state index contributed by atoms with van der Waals surface area (Å²) in [6.07, 6.45) is -0.414. The van der Waals surface area contributed by atoms with Crippen LogP contribution in [0.5, 0.6) is 11.5 Å². The molecule has 40 heavy (non-hydrogen) atoms. The number of nitrogens with one attached hydrogen (secondary N) is 1. The second-order valence-electron chi connectivity index (χ2n) is 12.9. The molecule has 1 unspecified atom stereocenters. The van der Waals surface area contributed by atoms with Gasteiger partial charge in [0, 0.05) is 6.54 Å². The maximum Gasteiger partial charge on any atom is 0.508 e. The molecule has 10 nitrogen and oxygen atoms in total. The fourth-order valence-electron chi connectivity index (χ4n) is 3.44. The van der Waals surface area contributed by atoms with Crippen molar-refractivity contribution < 1.29 is 43.2 Å². The van der Waals surface area contributed by atoms with E-state index in [-0.39, 0.29) is 54.7 Å². The Morgan fingerprint density at radius 2 is 1.43 bits per heavy atom. The summed E-state index contributed by atoms with van der Waals surface area (Å²) in [6, 6.07) is 3.58. The first-order valence-electron chi connectivity index (χ1n) is 13.7. The Labute approximate surface area is 238 Å². The van der Waals surface area contributed by atoms with Crippen LogP contribution in [0.15, 0.2) is 18.2 Å². The van der Waals surface area contributed by atoms with Crippen molar-refractivity contribution in [2.24, 2.45) is 16.7 Å². The van der Waals surface area contributed by atoms with Gasteiger partial charge >= 0.3 is 24.1 Å². The van der Waals surface area contributed by atoms with E-state index in [1.807, 2.05) is 55.4 Å². The molecule has 1 aromatic rings. The molecule has 226 valence electrons. The molecular formula is C30H47NO9. The molecule has 10 heteroatoms. The van der Waals surface area contributed by atoms with Crippen LogP contribution in [-0.4, -0.2) is 54.5 Å². The van der Waals surface area contributed by atoms with Crippen LogP contribution in [0.3, 0.4) is 0 Å². The number of carbonyl (C=O) groups is 4. The van der Waals surface area contributed by atoms with Crippen LogP contribution in [0.1, 0.15) is 87.1 Å². The van der Waals surface area contributed by atoms with Crippen molar-refractivity contribution >= 4 is 24.1 Å². The van der Waals surface area contributed by atoms with Gasteiger partial charge in [-0.1, -0.05) is 61.5 Å². The zero-order valence-corrected chi connectivity index (χ0v) is 25.4. The molecule has 0 saturated carbocycles. The summed E-state index contributed by atoms with van der Waals surface area (Å²) in [4.78, 5) is 48.8. The Kier molecular flexibility index (Phi) is 13.6. The minimum atomic E-state index is -1.11. The van der Waals surface area contributed by atoms with Crippen LogP contribution >= 0.6 is 0 Å². The molecule has 0 heterocycles. The van der Waals surface area contributed by atoms with Crippen molar-refractivity contribution in [3.8, 4) is 11.5 Å². The smallest absolute Gasteiger partial charge is 0.480 e. The van der Waals surface area contributed by atoms with E-state index in [9.17, 15) is 24.3 Å². The lowest BCUT2D eigenvalue weighted by molar-refractivity contribution is -0.139. The predicted molar refractivity (Wildman–Crippen MR) is 150 cm³/mol. The number of carbonyl (C=O) groups excluding carboxylic acids is 3. The van der Waals surface area contributed by atoms with Crippen molar-refractivity contribution in [1.82, 2.24) is 5.32 Å². The van der Waals surface area contributed by atoms with Gasteiger partial charge in [0.2, 0.25) is 0 Å². The zero-order valence-electron chi connectivity index (χ0n) is 25.4. The number of ether oxygens (including phenoxy) is 4. The number of esters is 2. The van der Waals surface area contributed by atoms with Crippen molar-refractivity contribution in [1.29, 1.82) is 0 Å². The molecule has 0 bridgehead atoms. The minimum absolute atomic E-state index is 0.0287. The van der Waals surface area contributed by atoms with E-state index in [0.717, 1.165) is 0 Å². The van der Waals surface area contributed by atoms with Crippen molar-refractivity contribution in [2.45, 2.75) is 100 Å². The average molecular weight is 566 g/mol. The summed E-state index contributed by atoms with van der Waals surface area (Å²) in [7, 11) is 0. The van der Waals surface area contributed by atoms with Gasteiger partial charge in [0.1, 0.15) is 12.1 Å². The molecule has 1 aromatic carbocycles. The topological polar surface area (TPSA) is 137 Å². The monoisotopic (exact) mass is 565 g/mol. The first-order valence-corrected chi connectivity index (χ1v) is 13.7. The Balaban J connectivity index is 2.97. The predicted octanol–water partition coefficient (Wildman–Crippen LogP) is 5.54. The second-order valence-corrected chi connectivity index (χ2v) is 12.9. The number of rotatable bonds is 14. The Bertz CT molecular complexity index is 1010. The number of hydrogen-bond donors (Lipinski definition) is 2. The fraction of sp³-hybridized carbons (Fsp3) is 0.667. The number of carboxylic acids is 1. The lowest BCUT2D eigenvalue weighted by atomic mass is 9.92. The molecule has 1 rings (SSSR count). The zero-order chi connectivity index (χ0) is 30.7. The normalized spacial score (nSPS) is 13.3. The molecule has 2 atom stereocenters. The summed E-state index contributed by atoms with van der Waals surface area (Å²) < 4.78 is 21.3. The van der Waals surface area contributed by atoms with E-state index in [2.05, 4.69) is 5.32 Å². The molecule has 0 aliphatic heterocycles. The molecule has 0 aliphatic carbocycles. The van der Waals surface area contributed by atoms with Gasteiger partial charge in [-0.3, -0.25) is 14.4 Å². The first-order chi connectivity index (χ1) is 18.3. The molecule has 0 amide bonds. The van der Waals surface area contributed by atoms with E-state index in [1.165, 1.54) is 12.1 Å².